The van der Waals surface area contributed by atoms with Crippen LogP contribution in [0.25, 0.3) is 0 Å². The lowest BCUT2D eigenvalue weighted by Crippen LogP contribution is -2.33. The number of ether oxygens (including phenoxy) is 3. The maximum absolute atomic E-state index is 10.2. The highest BCUT2D eigenvalue weighted by Gasteiger charge is 2.14. The van der Waals surface area contributed by atoms with Crippen LogP contribution in [0.3, 0.4) is 0 Å². The Labute approximate surface area is 143 Å². The molecule has 5 heteroatoms. The van der Waals surface area contributed by atoms with E-state index in [0.29, 0.717) is 23.8 Å². The van der Waals surface area contributed by atoms with E-state index in [2.05, 4.69) is 24.4 Å². The van der Waals surface area contributed by atoms with Crippen LogP contribution >= 0.6 is 0 Å². The molecule has 2 rings (SSSR count). The minimum atomic E-state index is -0.647. The van der Waals surface area contributed by atoms with Crippen molar-refractivity contribution in [2.24, 2.45) is 0 Å². The minimum absolute atomic E-state index is 0.144. The van der Waals surface area contributed by atoms with Crippen molar-refractivity contribution in [2.45, 2.75) is 19.1 Å². The molecule has 130 valence electrons. The van der Waals surface area contributed by atoms with Crippen LogP contribution in [0, 0.1) is 0 Å². The van der Waals surface area contributed by atoms with Gasteiger partial charge in [0.25, 0.3) is 0 Å². The number of rotatable bonds is 9. The highest BCUT2D eigenvalue weighted by molar-refractivity contribution is 5.51. The van der Waals surface area contributed by atoms with E-state index < -0.39 is 6.10 Å². The summed E-state index contributed by atoms with van der Waals surface area (Å²) in [6, 6.07) is 15.7. The summed E-state index contributed by atoms with van der Waals surface area (Å²) < 4.78 is 16.3. The Balaban J connectivity index is 1.86. The highest BCUT2D eigenvalue weighted by Crippen LogP contribution is 2.36. The number of aliphatic hydroxyl groups is 1. The fraction of sp³-hybridized carbons (Fsp3) is 0.368. The zero-order valence-electron chi connectivity index (χ0n) is 14.4. The summed E-state index contributed by atoms with van der Waals surface area (Å²) in [6.45, 7) is 2.63. The molecule has 0 heterocycles. The van der Waals surface area contributed by atoms with Crippen LogP contribution in [0.5, 0.6) is 17.2 Å². The normalized spacial score (nSPS) is 13.2. The van der Waals surface area contributed by atoms with Crippen molar-refractivity contribution >= 4 is 0 Å². The van der Waals surface area contributed by atoms with E-state index in [1.165, 1.54) is 5.56 Å². The van der Waals surface area contributed by atoms with Crippen molar-refractivity contribution in [2.75, 3.05) is 27.4 Å². The summed E-state index contributed by atoms with van der Waals surface area (Å²) in [4.78, 5) is 0. The Hall–Kier alpha value is -2.24. The molecule has 5 nitrogen and oxygen atoms in total. The van der Waals surface area contributed by atoms with Crippen LogP contribution < -0.4 is 19.5 Å². The van der Waals surface area contributed by atoms with Gasteiger partial charge in [0.2, 0.25) is 5.75 Å². The zero-order chi connectivity index (χ0) is 17.4. The lowest BCUT2D eigenvalue weighted by molar-refractivity contribution is 0.100. The van der Waals surface area contributed by atoms with Gasteiger partial charge in [-0.1, -0.05) is 36.4 Å². The molecule has 24 heavy (non-hydrogen) atoms. The van der Waals surface area contributed by atoms with Crippen molar-refractivity contribution in [3.8, 4) is 17.2 Å². The van der Waals surface area contributed by atoms with Crippen molar-refractivity contribution in [1.29, 1.82) is 0 Å². The van der Waals surface area contributed by atoms with Crippen LogP contribution in [0.4, 0.5) is 0 Å². The Kier molecular flexibility index (Phi) is 6.90. The molecule has 0 amide bonds. The van der Waals surface area contributed by atoms with Crippen LogP contribution in [-0.2, 0) is 0 Å². The molecule has 2 N–H and O–H groups in total. The number of aliphatic hydroxyl groups excluding tert-OH is 1. The first kappa shape index (κ1) is 18.1. The van der Waals surface area contributed by atoms with Crippen LogP contribution in [0.15, 0.2) is 48.5 Å². The van der Waals surface area contributed by atoms with Gasteiger partial charge in [-0.3, -0.25) is 0 Å². The summed E-state index contributed by atoms with van der Waals surface area (Å²) in [5, 5.41) is 13.5. The summed E-state index contributed by atoms with van der Waals surface area (Å²) in [5.41, 5.74) is 1.18. The standard InChI is InChI=1S/C19H25NO4/c1-14(15-8-5-4-6-9-15)20-12-16(21)13-24-19-17(22-2)10-7-11-18(19)23-3/h4-11,14,16,20-21H,12-13H2,1-3H3/t14-,16-/m0/s1. The Morgan fingerprint density at radius 2 is 1.58 bits per heavy atom. The van der Waals surface area contributed by atoms with Gasteiger partial charge in [0.05, 0.1) is 14.2 Å². The molecule has 0 fully saturated rings. The van der Waals surface area contributed by atoms with Gasteiger partial charge < -0.3 is 24.6 Å². The van der Waals surface area contributed by atoms with Gasteiger partial charge >= 0.3 is 0 Å². The topological polar surface area (TPSA) is 60.0 Å². The molecule has 2 aromatic rings. The first-order valence-electron chi connectivity index (χ1n) is 7.96. The van der Waals surface area contributed by atoms with E-state index >= 15 is 0 Å². The number of hydrogen-bond acceptors (Lipinski definition) is 5. The van der Waals surface area contributed by atoms with Gasteiger partial charge in [0.15, 0.2) is 11.5 Å². The second kappa shape index (κ2) is 9.15. The number of hydrogen-bond donors (Lipinski definition) is 2. The Morgan fingerprint density at radius 1 is 0.958 bits per heavy atom. The molecule has 2 aromatic carbocycles. The van der Waals surface area contributed by atoms with Crippen LogP contribution in [-0.4, -0.2) is 38.6 Å². The molecule has 0 bridgehead atoms. The summed E-state index contributed by atoms with van der Waals surface area (Å²) >= 11 is 0. The second-order valence-electron chi connectivity index (χ2n) is 5.50. The Bertz CT molecular complexity index is 596. The van der Waals surface area contributed by atoms with E-state index in [4.69, 9.17) is 14.2 Å². The smallest absolute Gasteiger partial charge is 0.203 e. The maximum atomic E-state index is 10.2. The lowest BCUT2D eigenvalue weighted by atomic mass is 10.1. The quantitative estimate of drug-likeness (QED) is 0.740. The third kappa shape index (κ3) is 4.88. The monoisotopic (exact) mass is 331 g/mol. The highest BCUT2D eigenvalue weighted by atomic mass is 16.5. The maximum Gasteiger partial charge on any atom is 0.203 e. The number of benzene rings is 2. The predicted molar refractivity (Wildman–Crippen MR) is 93.9 cm³/mol. The number of para-hydroxylation sites is 1. The molecule has 0 aliphatic rings. The molecule has 0 radical (unpaired) electrons. The van der Waals surface area contributed by atoms with Crippen molar-refractivity contribution in [3.63, 3.8) is 0 Å². The van der Waals surface area contributed by atoms with Crippen LogP contribution in [0.1, 0.15) is 18.5 Å². The van der Waals surface area contributed by atoms with Crippen molar-refractivity contribution < 1.29 is 19.3 Å². The van der Waals surface area contributed by atoms with Crippen molar-refractivity contribution in [3.05, 3.63) is 54.1 Å². The molecule has 0 spiro atoms. The fourth-order valence-corrected chi connectivity index (χ4v) is 2.37. The molecule has 0 aliphatic carbocycles. The largest absolute Gasteiger partial charge is 0.493 e. The summed E-state index contributed by atoms with van der Waals surface area (Å²) in [6.07, 6.45) is -0.647. The molecule has 2 atom stereocenters. The average molecular weight is 331 g/mol. The number of methoxy groups -OCH3 is 2. The van der Waals surface area contributed by atoms with E-state index in [1.54, 1.807) is 26.4 Å². The Morgan fingerprint density at radius 3 is 2.17 bits per heavy atom. The van der Waals surface area contributed by atoms with E-state index in [0.717, 1.165) is 0 Å². The van der Waals surface area contributed by atoms with Gasteiger partial charge in [-0.25, -0.2) is 0 Å². The molecule has 0 aliphatic heterocycles. The molecular formula is C19H25NO4. The summed E-state index contributed by atoms with van der Waals surface area (Å²) in [5.74, 6) is 1.65. The minimum Gasteiger partial charge on any atom is -0.493 e. The second-order valence-corrected chi connectivity index (χ2v) is 5.50. The SMILES string of the molecule is COc1cccc(OC)c1OC[C@@H](O)CN[C@@H](C)c1ccccc1. The third-order valence-electron chi connectivity index (χ3n) is 3.76. The third-order valence-corrected chi connectivity index (χ3v) is 3.76. The van der Waals surface area contributed by atoms with Crippen molar-refractivity contribution in [1.82, 2.24) is 5.32 Å². The zero-order valence-corrected chi connectivity index (χ0v) is 14.4. The molecular weight excluding hydrogens is 306 g/mol. The van der Waals surface area contributed by atoms with Gasteiger partial charge in [0, 0.05) is 12.6 Å². The summed E-state index contributed by atoms with van der Waals surface area (Å²) in [7, 11) is 3.14. The van der Waals surface area contributed by atoms with E-state index in [-0.39, 0.29) is 12.6 Å². The van der Waals surface area contributed by atoms with Gasteiger partial charge in [-0.05, 0) is 24.6 Å². The predicted octanol–water partition coefficient (Wildman–Crippen LogP) is 2.79. The first-order chi connectivity index (χ1) is 11.7. The van der Waals surface area contributed by atoms with E-state index in [1.807, 2.05) is 24.3 Å². The molecule has 0 unspecified atom stereocenters. The first-order valence-corrected chi connectivity index (χ1v) is 7.96. The average Bonchev–Trinajstić information content (AvgIpc) is 2.64. The van der Waals surface area contributed by atoms with Gasteiger partial charge in [0.1, 0.15) is 12.7 Å². The van der Waals surface area contributed by atoms with Gasteiger partial charge in [-0.2, -0.15) is 0 Å². The molecule has 0 saturated carbocycles. The lowest BCUT2D eigenvalue weighted by Gasteiger charge is -2.19. The molecule has 0 saturated heterocycles. The fourth-order valence-electron chi connectivity index (χ4n) is 2.37. The van der Waals surface area contributed by atoms with Gasteiger partial charge in [-0.15, -0.1) is 0 Å². The van der Waals surface area contributed by atoms with E-state index in [9.17, 15) is 5.11 Å². The number of nitrogens with one attached hydrogen (secondary N) is 1. The van der Waals surface area contributed by atoms with Crippen LogP contribution in [0.2, 0.25) is 0 Å². The molecule has 0 aromatic heterocycles.